The summed E-state index contributed by atoms with van der Waals surface area (Å²) in [6, 6.07) is 12.5. The largest absolute Gasteiger partial charge is 1.00 e. The van der Waals surface area contributed by atoms with Crippen LogP contribution in [-0.4, -0.2) is 0 Å². The normalized spacial score (nSPS) is 6.00. The van der Waals surface area contributed by atoms with E-state index in [1.807, 2.05) is 30.3 Å². The molecule has 0 aliphatic rings. The summed E-state index contributed by atoms with van der Waals surface area (Å²) in [7, 11) is 0. The smallest absolute Gasteiger partial charge is 0 e. The Hall–Kier alpha value is -0.188. The van der Waals surface area contributed by atoms with Gasteiger partial charge in [0.05, 0.1) is 0 Å². The summed E-state index contributed by atoms with van der Waals surface area (Å²) in [5, 5.41) is 0. The Morgan fingerprint density at radius 2 is 1.38 bits per heavy atom. The summed E-state index contributed by atoms with van der Waals surface area (Å²) in [5.74, 6) is 0. The molecule has 0 aliphatic heterocycles. The molecule has 0 unspecified atom stereocenters. The van der Waals surface area contributed by atoms with Crippen molar-refractivity contribution < 1.29 is 25.1 Å². The van der Waals surface area contributed by atoms with Crippen LogP contribution in [0.4, 0.5) is 0 Å². The van der Waals surface area contributed by atoms with Crippen LogP contribution in [0.2, 0.25) is 0 Å². The van der Waals surface area contributed by atoms with Crippen molar-refractivity contribution in [1.29, 1.82) is 0 Å². The molecule has 0 amide bonds. The zero-order valence-corrected chi connectivity index (χ0v) is 5.64. The van der Waals surface area contributed by atoms with Crippen molar-refractivity contribution in [2.75, 3.05) is 0 Å². The van der Waals surface area contributed by atoms with Crippen LogP contribution in [0.15, 0.2) is 30.3 Å². The monoisotopic (exact) mass is 202 g/mol. The maximum Gasteiger partial charge on any atom is 0 e. The molecule has 0 N–H and O–H groups in total. The predicted molar refractivity (Wildman–Crippen MR) is 25.3 cm³/mol. The van der Waals surface area contributed by atoms with Crippen molar-refractivity contribution in [3.63, 3.8) is 0 Å². The molecular formula is C6H5FPd-. The molecule has 0 nitrogen and oxygen atoms in total. The standard InChI is InChI=1S/C6H5.FH.Pd/c1-2-4-6-5-3-1;;/h1-5H;1H;/p-1. The number of benzene rings is 1. The molecule has 0 saturated heterocycles. The van der Waals surface area contributed by atoms with E-state index < -0.39 is 0 Å². The number of hydrogen-bond donors (Lipinski definition) is 0. The van der Waals surface area contributed by atoms with E-state index in [4.69, 9.17) is 0 Å². The summed E-state index contributed by atoms with van der Waals surface area (Å²) >= 11 is 0. The molecule has 0 aliphatic carbocycles. The molecule has 1 aromatic carbocycles. The zero-order valence-electron chi connectivity index (χ0n) is 4.08. The van der Waals surface area contributed by atoms with Crippen molar-refractivity contribution in [2.45, 2.75) is 0 Å². The van der Waals surface area contributed by atoms with E-state index >= 15 is 0 Å². The maximum atomic E-state index is 2.89. The number of hydrogen-bond acceptors (Lipinski definition) is 0. The van der Waals surface area contributed by atoms with Gasteiger partial charge in [-0.2, -0.15) is 0 Å². The van der Waals surface area contributed by atoms with Gasteiger partial charge in [0.1, 0.15) is 0 Å². The average molecular weight is 203 g/mol. The molecule has 0 fully saturated rings. The molecule has 47 valence electrons. The van der Waals surface area contributed by atoms with Gasteiger partial charge in [0.2, 0.25) is 0 Å². The van der Waals surface area contributed by atoms with E-state index in [0.29, 0.717) is 0 Å². The summed E-state index contributed by atoms with van der Waals surface area (Å²) in [6.45, 7) is 0. The van der Waals surface area contributed by atoms with Crippen LogP contribution in [-0.2, 0) is 20.4 Å². The second kappa shape index (κ2) is 6.81. The first-order chi connectivity index (χ1) is 3.00. The molecule has 0 aromatic heterocycles. The van der Waals surface area contributed by atoms with Crippen molar-refractivity contribution in [1.82, 2.24) is 0 Å². The molecule has 0 heterocycles. The molecule has 0 spiro atoms. The Labute approximate surface area is 61.9 Å². The summed E-state index contributed by atoms with van der Waals surface area (Å²) < 4.78 is 0. The van der Waals surface area contributed by atoms with Gasteiger partial charge in [-0.3, -0.25) is 0 Å². The van der Waals surface area contributed by atoms with E-state index in [1.165, 1.54) is 0 Å². The first kappa shape index (κ1) is 10.7. The van der Waals surface area contributed by atoms with Crippen LogP contribution in [0.1, 0.15) is 0 Å². The molecular weight excluding hydrogens is 197 g/mol. The van der Waals surface area contributed by atoms with E-state index in [9.17, 15) is 0 Å². The van der Waals surface area contributed by atoms with Gasteiger partial charge in [-0.05, 0) is 6.07 Å². The minimum absolute atomic E-state index is 0. The van der Waals surface area contributed by atoms with E-state index in [1.54, 1.807) is 0 Å². The fourth-order valence-corrected chi connectivity index (χ4v) is 0.342. The average Bonchev–Trinajstić information content (AvgIpc) is 1.72. The van der Waals surface area contributed by atoms with Gasteiger partial charge in [0, 0.05) is 20.4 Å². The first-order valence-electron chi connectivity index (χ1n) is 1.91. The topological polar surface area (TPSA) is 0 Å². The Morgan fingerprint density at radius 3 is 1.50 bits per heavy atom. The minimum atomic E-state index is 0. The van der Waals surface area contributed by atoms with Gasteiger partial charge in [0.15, 0.2) is 0 Å². The molecule has 0 atom stereocenters. The first-order valence-corrected chi connectivity index (χ1v) is 1.91. The Balaban J connectivity index is 0. The van der Waals surface area contributed by atoms with Crippen LogP contribution in [0.3, 0.4) is 0 Å². The van der Waals surface area contributed by atoms with Crippen molar-refractivity contribution in [3.8, 4) is 0 Å². The third kappa shape index (κ3) is 3.98. The van der Waals surface area contributed by atoms with Gasteiger partial charge < -0.3 is 4.70 Å². The molecule has 2 heteroatoms. The molecule has 1 aromatic rings. The SMILES string of the molecule is [F-].[Pd].[c]1ccccc1. The Kier molecular flexibility index (Phi) is 9.14. The van der Waals surface area contributed by atoms with Crippen LogP contribution < -0.4 is 4.70 Å². The van der Waals surface area contributed by atoms with Crippen molar-refractivity contribution >= 4 is 0 Å². The van der Waals surface area contributed by atoms with E-state index in [-0.39, 0.29) is 25.1 Å². The predicted octanol–water partition coefficient (Wildman–Crippen LogP) is -1.51. The quantitative estimate of drug-likeness (QED) is 0.449. The number of rotatable bonds is 0. The van der Waals surface area contributed by atoms with E-state index in [2.05, 4.69) is 6.07 Å². The van der Waals surface area contributed by atoms with Gasteiger partial charge in [-0.1, -0.05) is 30.3 Å². The summed E-state index contributed by atoms with van der Waals surface area (Å²) in [5.41, 5.74) is 0. The molecule has 0 saturated carbocycles. The number of halogens is 1. The van der Waals surface area contributed by atoms with Crippen LogP contribution in [0.25, 0.3) is 0 Å². The van der Waals surface area contributed by atoms with Crippen molar-refractivity contribution in [3.05, 3.63) is 36.4 Å². The second-order valence-corrected chi connectivity index (χ2v) is 1.08. The fourth-order valence-electron chi connectivity index (χ4n) is 0.342. The van der Waals surface area contributed by atoms with Gasteiger partial charge in [-0.25, -0.2) is 0 Å². The van der Waals surface area contributed by atoms with Gasteiger partial charge in [0.25, 0.3) is 0 Å². The van der Waals surface area contributed by atoms with Gasteiger partial charge in [-0.15, -0.1) is 0 Å². The summed E-state index contributed by atoms with van der Waals surface area (Å²) in [6.07, 6.45) is 0. The Morgan fingerprint density at radius 1 is 0.875 bits per heavy atom. The van der Waals surface area contributed by atoms with Crippen molar-refractivity contribution in [2.24, 2.45) is 0 Å². The zero-order chi connectivity index (χ0) is 4.24. The third-order valence-corrected chi connectivity index (χ3v) is 0.607. The molecule has 1 radical (unpaired) electrons. The molecule has 0 bridgehead atoms. The van der Waals surface area contributed by atoms with Crippen LogP contribution in [0.5, 0.6) is 0 Å². The fraction of sp³-hybridized carbons (Fsp3) is 0. The molecule has 8 heavy (non-hydrogen) atoms. The second-order valence-electron chi connectivity index (χ2n) is 1.08. The minimum Gasteiger partial charge on any atom is -1.00 e. The molecule has 1 rings (SSSR count). The third-order valence-electron chi connectivity index (χ3n) is 0.607. The van der Waals surface area contributed by atoms with Crippen LogP contribution >= 0.6 is 0 Å². The summed E-state index contributed by atoms with van der Waals surface area (Å²) in [4.78, 5) is 0. The Bertz CT molecular complexity index is 80.5. The van der Waals surface area contributed by atoms with Gasteiger partial charge >= 0.3 is 0 Å². The van der Waals surface area contributed by atoms with E-state index in [0.717, 1.165) is 0 Å². The van der Waals surface area contributed by atoms with Crippen LogP contribution in [0, 0.1) is 6.07 Å². The maximum absolute atomic E-state index is 2.89.